The molecular formula is C24H18BrCl3N2O5. The lowest BCUT2D eigenvalue weighted by molar-refractivity contribution is -0.123. The Labute approximate surface area is 224 Å². The summed E-state index contributed by atoms with van der Waals surface area (Å²) in [6.07, 6.45) is 0.691. The number of alkyl halides is 2. The Morgan fingerprint density at radius 3 is 2.17 bits per heavy atom. The van der Waals surface area contributed by atoms with Gasteiger partial charge in [0.1, 0.15) is 0 Å². The lowest BCUT2D eigenvalue weighted by atomic mass is 9.80. The fourth-order valence-corrected chi connectivity index (χ4v) is 6.66. The van der Waals surface area contributed by atoms with Crippen molar-refractivity contribution in [1.82, 2.24) is 0 Å². The predicted octanol–water partition coefficient (Wildman–Crippen LogP) is 4.87. The highest BCUT2D eigenvalue weighted by atomic mass is 79.9. The number of carbonyl (C=O) groups is 4. The van der Waals surface area contributed by atoms with E-state index in [0.29, 0.717) is 27.3 Å². The molecule has 35 heavy (non-hydrogen) atoms. The Morgan fingerprint density at radius 1 is 1.00 bits per heavy atom. The van der Waals surface area contributed by atoms with E-state index >= 15 is 0 Å². The number of ether oxygens (including phenoxy) is 1. The van der Waals surface area contributed by atoms with Crippen LogP contribution in [0.3, 0.4) is 0 Å². The Balaban J connectivity index is 1.21. The van der Waals surface area contributed by atoms with Crippen molar-refractivity contribution in [3.8, 4) is 0 Å². The zero-order chi connectivity index (χ0) is 25.0. The van der Waals surface area contributed by atoms with Gasteiger partial charge in [0.15, 0.2) is 6.61 Å². The van der Waals surface area contributed by atoms with Crippen molar-refractivity contribution in [2.75, 3.05) is 16.8 Å². The van der Waals surface area contributed by atoms with Gasteiger partial charge in [-0.15, -0.1) is 23.2 Å². The normalized spacial score (nSPS) is 28.9. The van der Waals surface area contributed by atoms with Gasteiger partial charge in [-0.3, -0.25) is 19.3 Å². The van der Waals surface area contributed by atoms with Gasteiger partial charge in [-0.25, -0.2) is 4.79 Å². The van der Waals surface area contributed by atoms with Gasteiger partial charge < -0.3 is 10.1 Å². The first kappa shape index (κ1) is 24.6. The minimum Gasteiger partial charge on any atom is -0.452 e. The molecule has 2 aromatic carbocycles. The average Bonchev–Trinajstić information content (AvgIpc) is 3.45. The fraction of sp³-hybridized carbons (Fsp3) is 0.333. The number of rotatable bonds is 5. The van der Waals surface area contributed by atoms with Crippen LogP contribution in [0.5, 0.6) is 0 Å². The summed E-state index contributed by atoms with van der Waals surface area (Å²) in [5.41, 5.74) is 1.00. The number of nitrogens with one attached hydrogen (secondary N) is 1. The first-order valence-corrected chi connectivity index (χ1v) is 12.9. The summed E-state index contributed by atoms with van der Waals surface area (Å²) in [5.74, 6) is -2.91. The first-order valence-electron chi connectivity index (χ1n) is 10.9. The van der Waals surface area contributed by atoms with Crippen molar-refractivity contribution in [1.29, 1.82) is 0 Å². The lowest BCUT2D eigenvalue weighted by Crippen LogP contribution is -2.37. The molecule has 0 spiro atoms. The minimum absolute atomic E-state index is 0.107. The van der Waals surface area contributed by atoms with Crippen LogP contribution in [0.15, 0.2) is 46.9 Å². The molecule has 0 aromatic heterocycles. The van der Waals surface area contributed by atoms with E-state index in [1.54, 1.807) is 18.2 Å². The molecule has 2 bridgehead atoms. The van der Waals surface area contributed by atoms with E-state index in [0.717, 1.165) is 0 Å². The van der Waals surface area contributed by atoms with Gasteiger partial charge in [-0.2, -0.15) is 0 Å². The van der Waals surface area contributed by atoms with Crippen molar-refractivity contribution in [2.24, 2.45) is 23.7 Å². The van der Waals surface area contributed by atoms with Crippen LogP contribution in [-0.4, -0.2) is 41.1 Å². The molecule has 3 amide bonds. The summed E-state index contributed by atoms with van der Waals surface area (Å²) in [7, 11) is 0. The highest BCUT2D eigenvalue weighted by Gasteiger charge is 2.66. The van der Waals surface area contributed by atoms with Gasteiger partial charge in [-0.05, 0) is 76.7 Å². The zero-order valence-corrected chi connectivity index (χ0v) is 21.8. The number of fused-ring (bicyclic) bond motifs is 5. The molecule has 0 radical (unpaired) electrons. The number of imide groups is 1. The van der Waals surface area contributed by atoms with E-state index in [-0.39, 0.29) is 40.0 Å². The third-order valence-electron chi connectivity index (χ3n) is 6.89. The van der Waals surface area contributed by atoms with Gasteiger partial charge >= 0.3 is 5.97 Å². The van der Waals surface area contributed by atoms with Crippen LogP contribution in [0.2, 0.25) is 5.02 Å². The first-order chi connectivity index (χ1) is 16.7. The Hall–Kier alpha value is -2.13. The van der Waals surface area contributed by atoms with Crippen LogP contribution < -0.4 is 10.2 Å². The number of nitrogens with zero attached hydrogens (tertiary/aromatic N) is 1. The lowest BCUT2D eigenvalue weighted by Gasteiger charge is -2.28. The maximum Gasteiger partial charge on any atom is 0.338 e. The number of benzene rings is 2. The molecule has 2 aromatic rings. The van der Waals surface area contributed by atoms with Crippen LogP contribution in [0, 0.1) is 23.7 Å². The van der Waals surface area contributed by atoms with Crippen LogP contribution in [0.25, 0.3) is 0 Å². The van der Waals surface area contributed by atoms with E-state index in [2.05, 4.69) is 21.2 Å². The molecule has 3 aliphatic rings. The van der Waals surface area contributed by atoms with E-state index in [1.165, 1.54) is 29.2 Å². The second-order valence-electron chi connectivity index (χ2n) is 8.82. The van der Waals surface area contributed by atoms with E-state index in [9.17, 15) is 19.2 Å². The third-order valence-corrected chi connectivity index (χ3v) is 9.44. The Kier molecular flexibility index (Phi) is 6.59. The largest absolute Gasteiger partial charge is 0.452 e. The van der Waals surface area contributed by atoms with Crippen molar-refractivity contribution in [2.45, 2.75) is 17.2 Å². The molecule has 6 atom stereocenters. The van der Waals surface area contributed by atoms with Gasteiger partial charge in [0.25, 0.3) is 5.91 Å². The van der Waals surface area contributed by atoms with Gasteiger partial charge in [-0.1, -0.05) is 11.6 Å². The topological polar surface area (TPSA) is 92.8 Å². The molecular weight excluding hydrogens is 583 g/mol. The average molecular weight is 601 g/mol. The highest BCUT2D eigenvalue weighted by molar-refractivity contribution is 9.10. The number of hydrogen-bond donors (Lipinski definition) is 1. The molecule has 11 heteroatoms. The second kappa shape index (κ2) is 9.39. The number of hydrogen-bond acceptors (Lipinski definition) is 5. The van der Waals surface area contributed by atoms with Crippen molar-refractivity contribution >= 4 is 85.8 Å². The fourth-order valence-electron chi connectivity index (χ4n) is 5.34. The Morgan fingerprint density at radius 2 is 1.60 bits per heavy atom. The Bertz CT molecular complexity index is 1210. The van der Waals surface area contributed by atoms with Crippen LogP contribution >= 0.6 is 50.7 Å². The minimum atomic E-state index is -0.718. The van der Waals surface area contributed by atoms with Crippen molar-refractivity contribution in [3.63, 3.8) is 0 Å². The number of halogens is 4. The predicted molar refractivity (Wildman–Crippen MR) is 135 cm³/mol. The number of anilines is 2. The molecule has 182 valence electrons. The molecule has 2 aliphatic carbocycles. The van der Waals surface area contributed by atoms with Crippen LogP contribution in [0.1, 0.15) is 16.8 Å². The maximum atomic E-state index is 13.1. The van der Waals surface area contributed by atoms with E-state index in [1.807, 2.05) is 0 Å². The van der Waals surface area contributed by atoms with Gasteiger partial charge in [0.2, 0.25) is 11.8 Å². The third kappa shape index (κ3) is 4.24. The summed E-state index contributed by atoms with van der Waals surface area (Å²) in [6, 6.07) is 10.8. The summed E-state index contributed by atoms with van der Waals surface area (Å²) < 4.78 is 5.76. The molecule has 0 unspecified atom stereocenters. The number of amides is 3. The van der Waals surface area contributed by atoms with Gasteiger partial charge in [0, 0.05) is 10.2 Å². The molecule has 1 heterocycles. The number of carbonyl (C=O) groups excluding carboxylic acids is 4. The smallest absolute Gasteiger partial charge is 0.338 e. The number of esters is 1. The molecule has 1 N–H and O–H groups in total. The van der Waals surface area contributed by atoms with E-state index < -0.39 is 30.3 Å². The van der Waals surface area contributed by atoms with Crippen LogP contribution in [0.4, 0.5) is 11.4 Å². The summed E-state index contributed by atoms with van der Waals surface area (Å²) in [5, 5.41) is 2.37. The molecule has 2 saturated carbocycles. The van der Waals surface area contributed by atoms with E-state index in [4.69, 9.17) is 39.5 Å². The molecule has 7 nitrogen and oxygen atoms in total. The highest BCUT2D eigenvalue weighted by Crippen LogP contribution is 2.59. The van der Waals surface area contributed by atoms with Crippen molar-refractivity contribution in [3.05, 3.63) is 57.5 Å². The standard InChI is InChI=1S/C24H18BrCl3N2O5/c25-15-6-3-11(7-16(15)26)29-17(31)9-35-24(34)10-1-4-12(5-2-10)30-22(32)18-13-8-14(19(18)23(30)33)21(28)20(13)27/h1-7,13-14,18-21H,8-9H2,(H,29,31)/t13-,14-,18-,19+,20-,21+/m1/s1. The molecule has 1 aliphatic heterocycles. The molecule has 3 fully saturated rings. The zero-order valence-electron chi connectivity index (χ0n) is 17.9. The monoisotopic (exact) mass is 598 g/mol. The summed E-state index contributed by atoms with van der Waals surface area (Å²) in [4.78, 5) is 51.8. The summed E-state index contributed by atoms with van der Waals surface area (Å²) >= 11 is 22.1. The SMILES string of the molecule is O=C(COC(=O)c1ccc(N2C(=O)[C@@H]3[C@H]4C[C@@H]([C@H](Cl)[C@@H]4Cl)[C@@H]3C2=O)cc1)Nc1ccc(Br)c(Cl)c1. The molecule has 5 rings (SSSR count). The summed E-state index contributed by atoms with van der Waals surface area (Å²) in [6.45, 7) is -0.497. The van der Waals surface area contributed by atoms with Crippen LogP contribution in [-0.2, 0) is 19.1 Å². The second-order valence-corrected chi connectivity index (χ2v) is 11.1. The maximum absolute atomic E-state index is 13.1. The quantitative estimate of drug-likeness (QED) is 0.301. The van der Waals surface area contributed by atoms with Crippen molar-refractivity contribution < 1.29 is 23.9 Å². The van der Waals surface area contributed by atoms with Gasteiger partial charge in [0.05, 0.1) is 38.9 Å². The molecule has 1 saturated heterocycles.